The van der Waals surface area contributed by atoms with Crippen LogP contribution in [0, 0.1) is 5.92 Å². The van der Waals surface area contributed by atoms with Crippen molar-refractivity contribution in [2.24, 2.45) is 5.92 Å². The van der Waals surface area contributed by atoms with Crippen LogP contribution in [0.3, 0.4) is 0 Å². The van der Waals surface area contributed by atoms with E-state index in [1.165, 1.54) is 12.8 Å². The predicted octanol–water partition coefficient (Wildman–Crippen LogP) is 1.40. The Kier molecular flexibility index (Phi) is 4.28. The molecular weight excluding hydrogens is 228 g/mol. The molecule has 2 heterocycles. The van der Waals surface area contributed by atoms with Gasteiger partial charge in [0, 0.05) is 19.7 Å². The number of likely N-dealkylation sites (tertiary alicyclic amines) is 1. The Morgan fingerprint density at radius 3 is 2.56 bits per heavy atom. The first-order valence-electron chi connectivity index (χ1n) is 7.13. The minimum Gasteiger partial charge on any atom is -0.369 e. The van der Waals surface area contributed by atoms with Gasteiger partial charge in [0.15, 0.2) is 0 Å². The highest BCUT2D eigenvalue weighted by molar-refractivity contribution is 5.85. The number of piperidine rings is 1. The first-order chi connectivity index (χ1) is 8.56. The van der Waals surface area contributed by atoms with Crippen LogP contribution < -0.4 is 5.32 Å². The highest BCUT2D eigenvalue weighted by atomic mass is 16.5. The Hall–Kier alpha value is -0.610. The minimum atomic E-state index is -0.685. The normalized spacial score (nSPS) is 26.6. The van der Waals surface area contributed by atoms with Gasteiger partial charge < -0.3 is 15.0 Å². The summed E-state index contributed by atoms with van der Waals surface area (Å²) in [7, 11) is 1.62. The van der Waals surface area contributed by atoms with Gasteiger partial charge in [-0.1, -0.05) is 0 Å². The van der Waals surface area contributed by atoms with Crippen molar-refractivity contribution in [3.8, 4) is 0 Å². The Morgan fingerprint density at radius 1 is 1.28 bits per heavy atom. The molecule has 2 fully saturated rings. The van der Waals surface area contributed by atoms with Crippen molar-refractivity contribution < 1.29 is 9.53 Å². The lowest BCUT2D eigenvalue weighted by atomic mass is 9.88. The van der Waals surface area contributed by atoms with Crippen LogP contribution in [0.25, 0.3) is 0 Å². The number of amides is 1. The van der Waals surface area contributed by atoms with Crippen LogP contribution in [0.4, 0.5) is 0 Å². The fraction of sp³-hybridized carbons (Fsp3) is 0.929. The average Bonchev–Trinajstić information content (AvgIpc) is 2.87. The quantitative estimate of drug-likeness (QED) is 0.828. The molecule has 1 atom stereocenters. The van der Waals surface area contributed by atoms with Gasteiger partial charge in [-0.2, -0.15) is 0 Å². The van der Waals surface area contributed by atoms with E-state index in [0.717, 1.165) is 32.5 Å². The largest absolute Gasteiger partial charge is 0.369 e. The number of carbonyl (C=O) groups excluding carboxylic acids is 1. The van der Waals surface area contributed by atoms with Crippen LogP contribution in [0.2, 0.25) is 0 Å². The maximum atomic E-state index is 12.5. The summed E-state index contributed by atoms with van der Waals surface area (Å²) in [6.07, 6.45) is 4.69. The Bertz CT molecular complexity index is 298. The van der Waals surface area contributed by atoms with Crippen LogP contribution in [-0.4, -0.2) is 49.2 Å². The molecule has 1 unspecified atom stereocenters. The van der Waals surface area contributed by atoms with E-state index in [2.05, 4.69) is 10.2 Å². The van der Waals surface area contributed by atoms with Gasteiger partial charge in [0.2, 0.25) is 0 Å². The zero-order valence-corrected chi connectivity index (χ0v) is 11.9. The standard InChI is InChI=1S/C14H26N2O2/c1-14(2,18-3)13(17)16-10-4-5-12(16)11-6-8-15-9-7-11/h11-12,15H,4-10H2,1-3H3. The Balaban J connectivity index is 2.04. The first kappa shape index (κ1) is 13.8. The molecule has 1 N–H and O–H groups in total. The molecule has 0 aliphatic carbocycles. The van der Waals surface area contributed by atoms with E-state index >= 15 is 0 Å². The van der Waals surface area contributed by atoms with Gasteiger partial charge in [-0.3, -0.25) is 4.79 Å². The summed E-state index contributed by atoms with van der Waals surface area (Å²) in [5.41, 5.74) is -0.685. The van der Waals surface area contributed by atoms with Gasteiger partial charge >= 0.3 is 0 Å². The van der Waals surface area contributed by atoms with Gasteiger partial charge in [0.05, 0.1) is 0 Å². The monoisotopic (exact) mass is 254 g/mol. The predicted molar refractivity (Wildman–Crippen MR) is 71.4 cm³/mol. The fourth-order valence-electron chi connectivity index (χ4n) is 3.20. The second-order valence-electron chi connectivity index (χ2n) is 6.01. The molecule has 4 nitrogen and oxygen atoms in total. The lowest BCUT2D eigenvalue weighted by molar-refractivity contribution is -0.153. The number of rotatable bonds is 3. The molecule has 2 saturated heterocycles. The Labute approximate surface area is 110 Å². The summed E-state index contributed by atoms with van der Waals surface area (Å²) in [5, 5.41) is 3.40. The number of ether oxygens (including phenoxy) is 1. The van der Waals surface area contributed by atoms with Gasteiger partial charge in [0.25, 0.3) is 5.91 Å². The molecule has 0 saturated carbocycles. The number of hydrogen-bond donors (Lipinski definition) is 1. The molecule has 1 amide bonds. The van der Waals surface area contributed by atoms with Crippen LogP contribution >= 0.6 is 0 Å². The van der Waals surface area contributed by atoms with Crippen molar-refractivity contribution in [2.45, 2.75) is 51.2 Å². The molecule has 2 aliphatic heterocycles. The van der Waals surface area contributed by atoms with Crippen LogP contribution in [0.15, 0.2) is 0 Å². The topological polar surface area (TPSA) is 41.6 Å². The van der Waals surface area contributed by atoms with Crippen molar-refractivity contribution in [1.82, 2.24) is 10.2 Å². The maximum Gasteiger partial charge on any atom is 0.254 e. The third-order valence-corrected chi connectivity index (χ3v) is 4.51. The van der Waals surface area contributed by atoms with E-state index in [0.29, 0.717) is 12.0 Å². The van der Waals surface area contributed by atoms with E-state index in [1.807, 2.05) is 13.8 Å². The third kappa shape index (κ3) is 2.69. The lowest BCUT2D eigenvalue weighted by Gasteiger charge is -2.37. The first-order valence-corrected chi connectivity index (χ1v) is 7.13. The third-order valence-electron chi connectivity index (χ3n) is 4.51. The van der Waals surface area contributed by atoms with Gasteiger partial charge in [-0.05, 0) is 58.5 Å². The number of hydrogen-bond acceptors (Lipinski definition) is 3. The molecule has 2 rings (SSSR count). The van der Waals surface area contributed by atoms with Crippen LogP contribution in [0.1, 0.15) is 39.5 Å². The molecule has 18 heavy (non-hydrogen) atoms. The van der Waals surface area contributed by atoms with Crippen molar-refractivity contribution >= 4 is 5.91 Å². The van der Waals surface area contributed by atoms with Crippen LogP contribution in [0.5, 0.6) is 0 Å². The molecule has 104 valence electrons. The molecule has 0 spiro atoms. The molecule has 4 heteroatoms. The smallest absolute Gasteiger partial charge is 0.254 e. The number of nitrogens with one attached hydrogen (secondary N) is 1. The van der Waals surface area contributed by atoms with Crippen molar-refractivity contribution in [2.75, 3.05) is 26.7 Å². The highest BCUT2D eigenvalue weighted by Crippen LogP contribution is 2.31. The molecule has 0 aromatic heterocycles. The van der Waals surface area contributed by atoms with Crippen LogP contribution in [-0.2, 0) is 9.53 Å². The van der Waals surface area contributed by atoms with Gasteiger partial charge in [-0.15, -0.1) is 0 Å². The lowest BCUT2D eigenvalue weighted by Crippen LogP contribution is -2.51. The number of carbonyl (C=O) groups is 1. The molecule has 0 aromatic carbocycles. The summed E-state index contributed by atoms with van der Waals surface area (Å²) in [4.78, 5) is 14.6. The average molecular weight is 254 g/mol. The zero-order chi connectivity index (χ0) is 13.2. The second-order valence-corrected chi connectivity index (χ2v) is 6.01. The maximum absolute atomic E-state index is 12.5. The van der Waals surface area contributed by atoms with Crippen molar-refractivity contribution in [1.29, 1.82) is 0 Å². The van der Waals surface area contributed by atoms with E-state index < -0.39 is 5.60 Å². The summed E-state index contributed by atoms with van der Waals surface area (Å²) < 4.78 is 5.34. The Morgan fingerprint density at radius 2 is 1.94 bits per heavy atom. The zero-order valence-electron chi connectivity index (χ0n) is 11.9. The highest BCUT2D eigenvalue weighted by Gasteiger charge is 2.40. The summed E-state index contributed by atoms with van der Waals surface area (Å²) in [5.74, 6) is 0.830. The van der Waals surface area contributed by atoms with E-state index in [9.17, 15) is 4.79 Å². The second kappa shape index (κ2) is 5.57. The molecular formula is C14H26N2O2. The SMILES string of the molecule is COC(C)(C)C(=O)N1CCCC1C1CCNCC1. The molecule has 0 radical (unpaired) electrons. The van der Waals surface area contributed by atoms with E-state index in [4.69, 9.17) is 4.74 Å². The van der Waals surface area contributed by atoms with Crippen molar-refractivity contribution in [3.05, 3.63) is 0 Å². The van der Waals surface area contributed by atoms with Crippen molar-refractivity contribution in [3.63, 3.8) is 0 Å². The molecule has 2 aliphatic rings. The molecule has 0 aromatic rings. The summed E-state index contributed by atoms with van der Waals surface area (Å²) in [6, 6.07) is 0.439. The number of methoxy groups -OCH3 is 1. The minimum absolute atomic E-state index is 0.158. The van der Waals surface area contributed by atoms with Gasteiger partial charge in [0.1, 0.15) is 5.60 Å². The van der Waals surface area contributed by atoms with E-state index in [-0.39, 0.29) is 5.91 Å². The van der Waals surface area contributed by atoms with E-state index in [1.54, 1.807) is 7.11 Å². The molecule has 0 bridgehead atoms. The summed E-state index contributed by atoms with van der Waals surface area (Å²) >= 11 is 0. The summed E-state index contributed by atoms with van der Waals surface area (Å²) in [6.45, 7) is 6.83. The number of nitrogens with zero attached hydrogens (tertiary/aromatic N) is 1. The van der Waals surface area contributed by atoms with Gasteiger partial charge in [-0.25, -0.2) is 0 Å². The fourth-order valence-corrected chi connectivity index (χ4v) is 3.20.